The van der Waals surface area contributed by atoms with E-state index in [1.165, 1.54) is 0 Å². The first kappa shape index (κ1) is 17.4. The first-order chi connectivity index (χ1) is 9.93. The minimum absolute atomic E-state index is 0.0443. The number of hydrogen-bond donors (Lipinski definition) is 2. The molecule has 1 aromatic heterocycles. The molecule has 0 unspecified atom stereocenters. The van der Waals surface area contributed by atoms with Gasteiger partial charge in [0.15, 0.2) is 0 Å². The van der Waals surface area contributed by atoms with Crippen LogP contribution in [0.25, 0.3) is 0 Å². The van der Waals surface area contributed by atoms with Crippen molar-refractivity contribution < 1.29 is 4.79 Å². The van der Waals surface area contributed by atoms with E-state index in [0.717, 1.165) is 31.0 Å². The van der Waals surface area contributed by atoms with E-state index in [1.807, 2.05) is 19.1 Å². The molecule has 0 bridgehead atoms. The minimum Gasteiger partial charge on any atom is -0.370 e. The second-order valence-corrected chi connectivity index (χ2v) is 5.64. The number of pyridine rings is 1. The average molecular weight is 292 g/mol. The number of aromatic nitrogens is 1. The molecule has 0 saturated carbocycles. The Balaban J connectivity index is 2.59. The van der Waals surface area contributed by atoms with Gasteiger partial charge in [-0.25, -0.2) is 4.98 Å². The molecule has 1 rings (SSSR count). The summed E-state index contributed by atoms with van der Waals surface area (Å²) in [7, 11) is 2.06. The third kappa shape index (κ3) is 6.12. The molecule has 0 aliphatic rings. The molecule has 5 heteroatoms. The number of likely N-dealkylation sites (N-methyl/N-ethyl adjacent to an activating group) is 1. The van der Waals surface area contributed by atoms with Gasteiger partial charge in [0.25, 0.3) is 5.91 Å². The number of rotatable bonds is 8. The standard InChI is InChI=1S/C16H28N4O/c1-6-7-17-15-11-14(10-13(4)19-15)16(21)18-8-9-20(5)12(2)3/h10-12H,6-9H2,1-5H3,(H,17,19)(H,18,21). The van der Waals surface area contributed by atoms with Crippen LogP contribution in [-0.2, 0) is 0 Å². The lowest BCUT2D eigenvalue weighted by Crippen LogP contribution is -2.36. The van der Waals surface area contributed by atoms with Gasteiger partial charge in [0, 0.05) is 36.9 Å². The maximum absolute atomic E-state index is 12.2. The molecule has 118 valence electrons. The van der Waals surface area contributed by atoms with Crippen LogP contribution >= 0.6 is 0 Å². The van der Waals surface area contributed by atoms with Crippen molar-refractivity contribution in [3.8, 4) is 0 Å². The van der Waals surface area contributed by atoms with Gasteiger partial charge < -0.3 is 15.5 Å². The topological polar surface area (TPSA) is 57.3 Å². The zero-order valence-corrected chi connectivity index (χ0v) is 13.9. The summed E-state index contributed by atoms with van der Waals surface area (Å²) in [4.78, 5) is 18.8. The van der Waals surface area contributed by atoms with Crippen LogP contribution in [0.4, 0.5) is 5.82 Å². The van der Waals surface area contributed by atoms with Crippen LogP contribution in [0.3, 0.4) is 0 Å². The molecule has 0 atom stereocenters. The van der Waals surface area contributed by atoms with Gasteiger partial charge in [-0.05, 0) is 46.4 Å². The molecule has 0 spiro atoms. The van der Waals surface area contributed by atoms with Crippen molar-refractivity contribution in [2.45, 2.75) is 40.2 Å². The number of anilines is 1. The molecular weight excluding hydrogens is 264 g/mol. The number of nitrogens with one attached hydrogen (secondary N) is 2. The van der Waals surface area contributed by atoms with Crippen LogP contribution in [0.15, 0.2) is 12.1 Å². The van der Waals surface area contributed by atoms with E-state index < -0.39 is 0 Å². The van der Waals surface area contributed by atoms with E-state index in [-0.39, 0.29) is 5.91 Å². The van der Waals surface area contributed by atoms with Crippen molar-refractivity contribution in [3.63, 3.8) is 0 Å². The molecule has 21 heavy (non-hydrogen) atoms. The van der Waals surface area contributed by atoms with Gasteiger partial charge in [-0.3, -0.25) is 4.79 Å². The Bertz CT molecular complexity index is 460. The van der Waals surface area contributed by atoms with Gasteiger partial charge in [-0.1, -0.05) is 6.92 Å². The van der Waals surface area contributed by atoms with E-state index >= 15 is 0 Å². The highest BCUT2D eigenvalue weighted by molar-refractivity contribution is 5.95. The number of amides is 1. The average Bonchev–Trinajstić information content (AvgIpc) is 2.44. The zero-order valence-electron chi connectivity index (χ0n) is 13.9. The summed E-state index contributed by atoms with van der Waals surface area (Å²) in [5, 5.41) is 6.18. The lowest BCUT2D eigenvalue weighted by molar-refractivity contribution is 0.0948. The van der Waals surface area contributed by atoms with Crippen LogP contribution in [0.1, 0.15) is 43.2 Å². The molecule has 0 aromatic carbocycles. The minimum atomic E-state index is -0.0443. The molecule has 0 radical (unpaired) electrons. The summed E-state index contributed by atoms with van der Waals surface area (Å²) in [6, 6.07) is 4.11. The third-order valence-corrected chi connectivity index (χ3v) is 3.40. The third-order valence-electron chi connectivity index (χ3n) is 3.40. The first-order valence-corrected chi connectivity index (χ1v) is 7.65. The Kier molecular flexibility index (Phi) is 7.15. The van der Waals surface area contributed by atoms with Crippen molar-refractivity contribution in [2.75, 3.05) is 32.0 Å². The lowest BCUT2D eigenvalue weighted by Gasteiger charge is -2.20. The molecular formula is C16H28N4O. The Hall–Kier alpha value is -1.62. The zero-order chi connectivity index (χ0) is 15.8. The number of hydrogen-bond acceptors (Lipinski definition) is 4. The number of carbonyl (C=O) groups excluding carboxylic acids is 1. The molecule has 0 fully saturated rings. The molecule has 1 aromatic rings. The summed E-state index contributed by atoms with van der Waals surface area (Å²) in [5.41, 5.74) is 1.51. The second-order valence-electron chi connectivity index (χ2n) is 5.64. The fraction of sp³-hybridized carbons (Fsp3) is 0.625. The van der Waals surface area contributed by atoms with E-state index in [0.29, 0.717) is 18.2 Å². The second kappa shape index (κ2) is 8.62. The number of aryl methyl sites for hydroxylation is 1. The van der Waals surface area contributed by atoms with Gasteiger partial charge in [-0.2, -0.15) is 0 Å². The van der Waals surface area contributed by atoms with E-state index in [9.17, 15) is 4.79 Å². The quantitative estimate of drug-likeness (QED) is 0.772. The van der Waals surface area contributed by atoms with Crippen LogP contribution in [0, 0.1) is 6.92 Å². The summed E-state index contributed by atoms with van der Waals surface area (Å²) in [5.74, 6) is 0.721. The molecule has 0 saturated heterocycles. The molecule has 0 aliphatic carbocycles. The predicted molar refractivity (Wildman–Crippen MR) is 87.9 cm³/mol. The smallest absolute Gasteiger partial charge is 0.251 e. The Morgan fingerprint density at radius 2 is 2.05 bits per heavy atom. The summed E-state index contributed by atoms with van der Waals surface area (Å²) in [6.45, 7) is 10.6. The van der Waals surface area contributed by atoms with Crippen LogP contribution in [0.2, 0.25) is 0 Å². The Morgan fingerprint density at radius 3 is 2.67 bits per heavy atom. The van der Waals surface area contributed by atoms with Crippen LogP contribution in [-0.4, -0.2) is 48.5 Å². The molecule has 1 heterocycles. The van der Waals surface area contributed by atoms with Crippen molar-refractivity contribution in [3.05, 3.63) is 23.4 Å². The monoisotopic (exact) mass is 292 g/mol. The Morgan fingerprint density at radius 1 is 1.33 bits per heavy atom. The first-order valence-electron chi connectivity index (χ1n) is 7.65. The van der Waals surface area contributed by atoms with Crippen molar-refractivity contribution in [2.24, 2.45) is 0 Å². The SMILES string of the molecule is CCCNc1cc(C(=O)NCCN(C)C(C)C)cc(C)n1. The highest BCUT2D eigenvalue weighted by Crippen LogP contribution is 2.10. The largest absolute Gasteiger partial charge is 0.370 e. The number of nitrogens with zero attached hydrogens (tertiary/aromatic N) is 2. The van der Waals surface area contributed by atoms with Gasteiger partial charge >= 0.3 is 0 Å². The highest BCUT2D eigenvalue weighted by atomic mass is 16.1. The van der Waals surface area contributed by atoms with E-state index in [4.69, 9.17) is 0 Å². The van der Waals surface area contributed by atoms with Crippen molar-refractivity contribution in [1.29, 1.82) is 0 Å². The van der Waals surface area contributed by atoms with Crippen LogP contribution < -0.4 is 10.6 Å². The summed E-state index contributed by atoms with van der Waals surface area (Å²) in [6.07, 6.45) is 1.03. The van der Waals surface area contributed by atoms with Gasteiger partial charge in [-0.15, -0.1) is 0 Å². The fourth-order valence-corrected chi connectivity index (χ4v) is 1.85. The van der Waals surface area contributed by atoms with Gasteiger partial charge in [0.2, 0.25) is 0 Å². The number of carbonyl (C=O) groups is 1. The van der Waals surface area contributed by atoms with Gasteiger partial charge in [0.05, 0.1) is 0 Å². The Labute approximate surface area is 128 Å². The molecule has 0 aliphatic heterocycles. The summed E-state index contributed by atoms with van der Waals surface area (Å²) >= 11 is 0. The molecule has 1 amide bonds. The van der Waals surface area contributed by atoms with Crippen molar-refractivity contribution >= 4 is 11.7 Å². The van der Waals surface area contributed by atoms with Crippen molar-refractivity contribution in [1.82, 2.24) is 15.2 Å². The maximum atomic E-state index is 12.2. The van der Waals surface area contributed by atoms with E-state index in [1.54, 1.807) is 0 Å². The normalized spacial score (nSPS) is 11.0. The fourth-order valence-electron chi connectivity index (χ4n) is 1.85. The maximum Gasteiger partial charge on any atom is 0.251 e. The predicted octanol–water partition coefficient (Wildman–Crippen LogP) is 2.28. The van der Waals surface area contributed by atoms with Gasteiger partial charge in [0.1, 0.15) is 5.82 Å². The summed E-state index contributed by atoms with van der Waals surface area (Å²) < 4.78 is 0. The van der Waals surface area contributed by atoms with Crippen LogP contribution in [0.5, 0.6) is 0 Å². The van der Waals surface area contributed by atoms with E-state index in [2.05, 4.69) is 48.3 Å². The lowest BCUT2D eigenvalue weighted by atomic mass is 10.2. The highest BCUT2D eigenvalue weighted by Gasteiger charge is 2.09. The molecule has 2 N–H and O–H groups in total. The molecule has 5 nitrogen and oxygen atoms in total.